The van der Waals surface area contributed by atoms with Gasteiger partial charge < -0.3 is 10.2 Å². The number of sulfonamides is 1. The van der Waals surface area contributed by atoms with Gasteiger partial charge in [0.1, 0.15) is 18.4 Å². The second-order valence-corrected chi connectivity index (χ2v) is 12.7. The predicted molar refractivity (Wildman–Crippen MR) is 172 cm³/mol. The average molecular weight is 657 g/mol. The zero-order chi connectivity index (χ0) is 31.7. The van der Waals surface area contributed by atoms with E-state index in [4.69, 9.17) is 23.2 Å². The number of hydrogen-bond donors (Lipinski definition) is 1. The number of carbonyl (C=O) groups excluding carboxylic acids is 2. The maximum absolute atomic E-state index is 15.0. The highest BCUT2D eigenvalue weighted by Crippen LogP contribution is 2.35. The molecule has 0 saturated carbocycles. The molecular formula is C33H32Cl2FN3O4S. The van der Waals surface area contributed by atoms with Crippen molar-refractivity contribution in [1.82, 2.24) is 10.2 Å². The molecule has 0 heterocycles. The highest BCUT2D eigenvalue weighted by atomic mass is 35.5. The molecule has 0 aliphatic rings. The smallest absolute Gasteiger partial charge is 0.264 e. The third-order valence-corrected chi connectivity index (χ3v) is 9.51. The minimum absolute atomic E-state index is 0.0164. The lowest BCUT2D eigenvalue weighted by Gasteiger charge is -2.34. The largest absolute Gasteiger partial charge is 0.354 e. The fourth-order valence-electron chi connectivity index (χ4n) is 4.65. The number of anilines is 1. The summed E-state index contributed by atoms with van der Waals surface area (Å²) in [6, 6.07) is 26.0. The molecule has 0 bridgehead atoms. The van der Waals surface area contributed by atoms with Crippen molar-refractivity contribution >= 4 is 50.7 Å². The molecule has 0 aliphatic heterocycles. The van der Waals surface area contributed by atoms with E-state index < -0.39 is 40.2 Å². The van der Waals surface area contributed by atoms with Crippen molar-refractivity contribution in [2.45, 2.75) is 37.2 Å². The lowest BCUT2D eigenvalue weighted by Crippen LogP contribution is -2.53. The second-order valence-electron chi connectivity index (χ2n) is 10.0. The summed E-state index contributed by atoms with van der Waals surface area (Å²) in [4.78, 5) is 29.1. The van der Waals surface area contributed by atoms with Gasteiger partial charge in [-0.05, 0) is 42.3 Å². The standard InChI is InChI=1S/C33H32Cl2FN3O4S/c1-2-20-37-33(41)30(21-24-12-5-3-6-13-24)38(22-25-14-9-10-18-28(25)36)31(40)23-39(29-19-11-17-27(34)32(29)35)44(42,43)26-15-7-4-8-16-26/h3-19,30H,2,20-23H2,1H3,(H,37,41). The number of carbonyl (C=O) groups is 2. The molecule has 1 N–H and O–H groups in total. The van der Waals surface area contributed by atoms with E-state index in [0.29, 0.717) is 13.0 Å². The average Bonchev–Trinajstić information content (AvgIpc) is 3.03. The van der Waals surface area contributed by atoms with Gasteiger partial charge in [-0.15, -0.1) is 0 Å². The first-order valence-electron chi connectivity index (χ1n) is 14.0. The van der Waals surface area contributed by atoms with Gasteiger partial charge in [0.25, 0.3) is 10.0 Å². The summed E-state index contributed by atoms with van der Waals surface area (Å²) in [5.74, 6) is -1.75. The number of hydrogen-bond acceptors (Lipinski definition) is 4. The number of halogens is 3. The van der Waals surface area contributed by atoms with Crippen LogP contribution < -0.4 is 9.62 Å². The third-order valence-electron chi connectivity index (χ3n) is 6.93. The summed E-state index contributed by atoms with van der Waals surface area (Å²) in [7, 11) is -4.35. The van der Waals surface area contributed by atoms with Gasteiger partial charge in [-0.3, -0.25) is 13.9 Å². The summed E-state index contributed by atoms with van der Waals surface area (Å²) in [6.45, 7) is 1.23. The number of nitrogens with zero attached hydrogens (tertiary/aromatic N) is 2. The Labute approximate surface area is 267 Å². The molecular weight excluding hydrogens is 624 g/mol. The summed E-state index contributed by atoms with van der Waals surface area (Å²) >= 11 is 12.8. The van der Waals surface area contributed by atoms with Crippen molar-refractivity contribution in [2.24, 2.45) is 0 Å². The molecule has 0 aliphatic carbocycles. The van der Waals surface area contributed by atoms with Crippen molar-refractivity contribution in [3.8, 4) is 0 Å². The van der Waals surface area contributed by atoms with Crippen molar-refractivity contribution in [2.75, 3.05) is 17.4 Å². The van der Waals surface area contributed by atoms with Crippen LogP contribution in [0.25, 0.3) is 0 Å². The quantitative estimate of drug-likeness (QED) is 0.178. The van der Waals surface area contributed by atoms with Crippen molar-refractivity contribution < 1.29 is 22.4 Å². The molecule has 0 saturated heterocycles. The highest BCUT2D eigenvalue weighted by molar-refractivity contribution is 7.92. The SMILES string of the molecule is CCCNC(=O)C(Cc1ccccc1)N(Cc1ccccc1F)C(=O)CN(c1cccc(Cl)c1Cl)S(=O)(=O)c1ccccc1. The number of amides is 2. The molecule has 11 heteroatoms. The molecule has 1 unspecified atom stereocenters. The van der Waals surface area contributed by atoms with Crippen LogP contribution in [0, 0.1) is 5.82 Å². The molecule has 0 spiro atoms. The van der Waals surface area contributed by atoms with Gasteiger partial charge >= 0.3 is 0 Å². The van der Waals surface area contributed by atoms with Crippen LogP contribution >= 0.6 is 23.2 Å². The third kappa shape index (κ3) is 7.96. The Kier molecular flexibility index (Phi) is 11.4. The first-order valence-corrected chi connectivity index (χ1v) is 16.2. The molecule has 4 aromatic rings. The fourth-order valence-corrected chi connectivity index (χ4v) is 6.54. The van der Waals surface area contributed by atoms with Crippen LogP contribution in [0.5, 0.6) is 0 Å². The zero-order valence-electron chi connectivity index (χ0n) is 24.0. The van der Waals surface area contributed by atoms with E-state index in [0.717, 1.165) is 9.87 Å². The number of rotatable bonds is 13. The molecule has 230 valence electrons. The van der Waals surface area contributed by atoms with Crippen molar-refractivity contribution in [3.63, 3.8) is 0 Å². The van der Waals surface area contributed by atoms with Gasteiger partial charge in [0.05, 0.1) is 20.6 Å². The van der Waals surface area contributed by atoms with Crippen LogP contribution in [-0.4, -0.2) is 44.3 Å². The molecule has 0 radical (unpaired) electrons. The Bertz CT molecular complexity index is 1690. The normalized spacial score (nSPS) is 11.9. The Morgan fingerprint density at radius 3 is 2.16 bits per heavy atom. The highest BCUT2D eigenvalue weighted by Gasteiger charge is 2.35. The molecule has 4 aromatic carbocycles. The fraction of sp³-hybridized carbons (Fsp3) is 0.212. The number of benzene rings is 4. The molecule has 4 rings (SSSR count). The van der Waals surface area contributed by atoms with E-state index in [1.54, 1.807) is 24.3 Å². The topological polar surface area (TPSA) is 86.8 Å². The maximum Gasteiger partial charge on any atom is 0.264 e. The Balaban J connectivity index is 1.83. The molecule has 2 amide bonds. The van der Waals surface area contributed by atoms with Crippen LogP contribution in [0.4, 0.5) is 10.1 Å². The molecule has 7 nitrogen and oxygen atoms in total. The van der Waals surface area contributed by atoms with Crippen LogP contribution in [0.2, 0.25) is 10.0 Å². The first-order chi connectivity index (χ1) is 21.1. The van der Waals surface area contributed by atoms with Gasteiger partial charge in [-0.25, -0.2) is 12.8 Å². The Morgan fingerprint density at radius 2 is 1.50 bits per heavy atom. The molecule has 1 atom stereocenters. The van der Waals surface area contributed by atoms with Gasteiger partial charge in [0, 0.05) is 25.1 Å². The van der Waals surface area contributed by atoms with Crippen LogP contribution in [0.1, 0.15) is 24.5 Å². The monoisotopic (exact) mass is 655 g/mol. The summed E-state index contributed by atoms with van der Waals surface area (Å²) in [5.41, 5.74) is 0.917. The van der Waals surface area contributed by atoms with Gasteiger partial charge in [-0.1, -0.05) is 103 Å². The maximum atomic E-state index is 15.0. The summed E-state index contributed by atoms with van der Waals surface area (Å²) < 4.78 is 43.9. The zero-order valence-corrected chi connectivity index (χ0v) is 26.3. The molecule has 0 fully saturated rings. The summed E-state index contributed by atoms with van der Waals surface area (Å²) in [5, 5.41) is 2.87. The van der Waals surface area contributed by atoms with Gasteiger partial charge in [0.2, 0.25) is 11.8 Å². The minimum Gasteiger partial charge on any atom is -0.354 e. The van der Waals surface area contributed by atoms with Crippen molar-refractivity contribution in [3.05, 3.63) is 130 Å². The Morgan fingerprint density at radius 1 is 0.864 bits per heavy atom. The van der Waals surface area contributed by atoms with Gasteiger partial charge in [-0.2, -0.15) is 0 Å². The van der Waals surface area contributed by atoms with E-state index in [9.17, 15) is 22.4 Å². The van der Waals surface area contributed by atoms with Crippen LogP contribution in [0.3, 0.4) is 0 Å². The van der Waals surface area contributed by atoms with E-state index in [1.165, 1.54) is 53.4 Å². The number of nitrogens with one attached hydrogen (secondary N) is 1. The Hall–Kier alpha value is -3.92. The van der Waals surface area contributed by atoms with Gasteiger partial charge in [0.15, 0.2) is 0 Å². The lowest BCUT2D eigenvalue weighted by atomic mass is 10.0. The van der Waals surface area contributed by atoms with E-state index in [1.807, 2.05) is 37.3 Å². The van der Waals surface area contributed by atoms with E-state index in [-0.39, 0.29) is 39.2 Å². The first kappa shape index (κ1) is 33.0. The lowest BCUT2D eigenvalue weighted by molar-refractivity contribution is -0.140. The van der Waals surface area contributed by atoms with E-state index >= 15 is 0 Å². The van der Waals surface area contributed by atoms with E-state index in [2.05, 4.69) is 5.32 Å². The second kappa shape index (κ2) is 15.2. The summed E-state index contributed by atoms with van der Waals surface area (Å²) in [6.07, 6.45) is 0.765. The molecule has 0 aromatic heterocycles. The van der Waals surface area contributed by atoms with Crippen molar-refractivity contribution in [1.29, 1.82) is 0 Å². The minimum atomic E-state index is -4.35. The predicted octanol–water partition coefficient (Wildman–Crippen LogP) is 6.49. The molecule has 44 heavy (non-hydrogen) atoms. The van der Waals surface area contributed by atoms with Crippen LogP contribution in [-0.2, 0) is 32.6 Å². The van der Waals surface area contributed by atoms with Crippen LogP contribution in [0.15, 0.2) is 108 Å².